The molecular weight excluding hydrogens is 348 g/mol. The van der Waals surface area contributed by atoms with Crippen molar-refractivity contribution in [2.24, 2.45) is 11.8 Å². The molecule has 0 N–H and O–H groups in total. The highest BCUT2D eigenvalue weighted by molar-refractivity contribution is 4.80. The molecule has 0 bridgehead atoms. The second-order valence-electron chi connectivity index (χ2n) is 9.40. The summed E-state index contributed by atoms with van der Waals surface area (Å²) in [5.74, 6) is 1.78. The highest BCUT2D eigenvalue weighted by Gasteiger charge is 2.30. The van der Waals surface area contributed by atoms with Crippen LogP contribution in [-0.4, -0.2) is 109 Å². The molecule has 0 radical (unpaired) electrons. The molecule has 0 aromatic heterocycles. The van der Waals surface area contributed by atoms with E-state index in [1.165, 1.54) is 38.8 Å². The van der Waals surface area contributed by atoms with Gasteiger partial charge in [-0.2, -0.15) is 0 Å². The van der Waals surface area contributed by atoms with Crippen LogP contribution >= 0.6 is 0 Å². The first-order valence-electron chi connectivity index (χ1n) is 12.0. The van der Waals surface area contributed by atoms with Crippen LogP contribution in [0.2, 0.25) is 0 Å². The smallest absolute Gasteiger partial charge is 0.0529 e. The van der Waals surface area contributed by atoms with E-state index in [1.54, 1.807) is 0 Å². The van der Waals surface area contributed by atoms with Gasteiger partial charge in [0.15, 0.2) is 0 Å². The maximum atomic E-state index is 2.71. The summed E-state index contributed by atoms with van der Waals surface area (Å²) in [7, 11) is 0. The lowest BCUT2D eigenvalue weighted by Gasteiger charge is -2.45. The minimum absolute atomic E-state index is 0.892. The molecule has 6 nitrogen and oxygen atoms in total. The predicted molar refractivity (Wildman–Crippen MR) is 118 cm³/mol. The van der Waals surface area contributed by atoms with Crippen molar-refractivity contribution in [3.8, 4) is 0 Å². The van der Waals surface area contributed by atoms with Crippen LogP contribution in [-0.2, 0) is 0 Å². The summed E-state index contributed by atoms with van der Waals surface area (Å²) < 4.78 is 0. The highest BCUT2D eigenvalue weighted by Crippen LogP contribution is 2.31. The molecule has 0 amide bonds. The molecule has 28 heavy (non-hydrogen) atoms. The molecule has 3 aliphatic rings. The van der Waals surface area contributed by atoms with Crippen LogP contribution in [0, 0.1) is 11.8 Å². The van der Waals surface area contributed by atoms with Gasteiger partial charge in [-0.25, -0.2) is 0 Å². The van der Waals surface area contributed by atoms with E-state index in [4.69, 9.17) is 0 Å². The molecule has 0 spiro atoms. The molecule has 2 aliphatic heterocycles. The standard InChI is InChI=1S/C22H46N6/c1-5-23-15-24(6-2)18-27(17-23)13-21-10-9-11-22(12-21)14-28-19-25(7-3)16-26(8-4)20-28/h21-22H,5-20H2,1-4H3. The minimum atomic E-state index is 0.892. The van der Waals surface area contributed by atoms with Gasteiger partial charge in [-0.15, -0.1) is 0 Å². The summed E-state index contributed by atoms with van der Waals surface area (Å²) in [5.41, 5.74) is 0. The van der Waals surface area contributed by atoms with Gasteiger partial charge in [0.2, 0.25) is 0 Å². The Balaban J connectivity index is 1.48. The molecule has 2 unspecified atom stereocenters. The van der Waals surface area contributed by atoms with E-state index in [1.807, 2.05) is 0 Å². The third kappa shape index (κ3) is 6.38. The van der Waals surface area contributed by atoms with Crippen molar-refractivity contribution in [3.63, 3.8) is 0 Å². The van der Waals surface area contributed by atoms with Crippen LogP contribution in [0.25, 0.3) is 0 Å². The van der Waals surface area contributed by atoms with Crippen molar-refractivity contribution >= 4 is 0 Å². The van der Waals surface area contributed by atoms with Crippen LogP contribution in [0.15, 0.2) is 0 Å². The number of hydrogen-bond acceptors (Lipinski definition) is 6. The first-order chi connectivity index (χ1) is 13.6. The highest BCUT2D eigenvalue weighted by atomic mass is 15.5. The lowest BCUT2D eigenvalue weighted by atomic mass is 9.81. The predicted octanol–water partition coefficient (Wildman–Crippen LogP) is 2.46. The molecule has 0 aromatic carbocycles. The summed E-state index contributed by atoms with van der Waals surface area (Å²) in [5, 5.41) is 0. The third-order valence-electron chi connectivity index (χ3n) is 7.11. The summed E-state index contributed by atoms with van der Waals surface area (Å²) in [6.45, 7) is 23.4. The van der Waals surface area contributed by atoms with E-state index >= 15 is 0 Å². The van der Waals surface area contributed by atoms with Gasteiger partial charge >= 0.3 is 0 Å². The molecule has 3 fully saturated rings. The van der Waals surface area contributed by atoms with Gasteiger partial charge < -0.3 is 0 Å². The van der Waals surface area contributed by atoms with E-state index in [0.717, 1.165) is 78.0 Å². The molecule has 6 heteroatoms. The van der Waals surface area contributed by atoms with Gasteiger partial charge in [-0.1, -0.05) is 34.1 Å². The second kappa shape index (κ2) is 11.2. The van der Waals surface area contributed by atoms with Crippen molar-refractivity contribution in [2.75, 3.05) is 79.3 Å². The van der Waals surface area contributed by atoms with E-state index in [0.29, 0.717) is 0 Å². The number of nitrogens with zero attached hydrogens (tertiary/aromatic N) is 6. The maximum absolute atomic E-state index is 2.71. The van der Waals surface area contributed by atoms with Crippen LogP contribution in [0.4, 0.5) is 0 Å². The summed E-state index contributed by atoms with van der Waals surface area (Å²) in [4.78, 5) is 15.8. The van der Waals surface area contributed by atoms with E-state index in [9.17, 15) is 0 Å². The van der Waals surface area contributed by atoms with Crippen molar-refractivity contribution in [1.29, 1.82) is 0 Å². The van der Waals surface area contributed by atoms with Crippen molar-refractivity contribution in [3.05, 3.63) is 0 Å². The fourth-order valence-electron chi connectivity index (χ4n) is 5.46. The summed E-state index contributed by atoms with van der Waals surface area (Å²) >= 11 is 0. The Labute approximate surface area is 174 Å². The Bertz CT molecular complexity index is 385. The van der Waals surface area contributed by atoms with E-state index < -0.39 is 0 Å². The average molecular weight is 395 g/mol. The van der Waals surface area contributed by atoms with Crippen LogP contribution in [0.3, 0.4) is 0 Å². The van der Waals surface area contributed by atoms with Gasteiger partial charge in [0, 0.05) is 13.1 Å². The van der Waals surface area contributed by atoms with Crippen molar-refractivity contribution in [1.82, 2.24) is 29.4 Å². The summed E-state index contributed by atoms with van der Waals surface area (Å²) in [6.07, 6.45) is 5.74. The Morgan fingerprint density at radius 1 is 0.500 bits per heavy atom. The fourth-order valence-corrected chi connectivity index (χ4v) is 5.46. The monoisotopic (exact) mass is 394 g/mol. The van der Waals surface area contributed by atoms with Crippen LogP contribution < -0.4 is 0 Å². The van der Waals surface area contributed by atoms with Gasteiger partial charge in [-0.05, 0) is 57.3 Å². The fraction of sp³-hybridized carbons (Fsp3) is 1.00. The van der Waals surface area contributed by atoms with Crippen LogP contribution in [0.1, 0.15) is 53.4 Å². The Hall–Kier alpha value is -0.240. The zero-order chi connectivity index (χ0) is 19.9. The molecule has 1 saturated carbocycles. The van der Waals surface area contributed by atoms with Gasteiger partial charge in [-0.3, -0.25) is 29.4 Å². The molecule has 2 heterocycles. The molecule has 0 aromatic rings. The number of hydrogen-bond donors (Lipinski definition) is 0. The van der Waals surface area contributed by atoms with Gasteiger partial charge in [0.1, 0.15) is 0 Å². The van der Waals surface area contributed by atoms with Crippen LogP contribution in [0.5, 0.6) is 0 Å². The molecule has 3 rings (SSSR count). The van der Waals surface area contributed by atoms with Crippen molar-refractivity contribution < 1.29 is 0 Å². The molecular formula is C22H46N6. The third-order valence-corrected chi connectivity index (χ3v) is 7.11. The van der Waals surface area contributed by atoms with Gasteiger partial charge in [0.25, 0.3) is 0 Å². The molecule has 1 aliphatic carbocycles. The number of rotatable bonds is 8. The minimum Gasteiger partial charge on any atom is -0.278 e. The zero-order valence-electron chi connectivity index (χ0n) is 19.2. The van der Waals surface area contributed by atoms with Gasteiger partial charge in [0.05, 0.1) is 40.0 Å². The molecule has 164 valence electrons. The Kier molecular flexibility index (Phi) is 9.00. The SMILES string of the molecule is CCN1CN(CC)CN(CC2CCCC(CN3CN(CC)CN(CC)C3)C2)C1. The normalized spacial score (nSPS) is 30.9. The maximum Gasteiger partial charge on any atom is 0.0529 e. The van der Waals surface area contributed by atoms with E-state index in [-0.39, 0.29) is 0 Å². The lowest BCUT2D eigenvalue weighted by molar-refractivity contribution is -0.0436. The molecule has 2 saturated heterocycles. The first kappa shape index (κ1) is 22.4. The Morgan fingerprint density at radius 3 is 1.14 bits per heavy atom. The zero-order valence-corrected chi connectivity index (χ0v) is 19.2. The second-order valence-corrected chi connectivity index (χ2v) is 9.40. The Morgan fingerprint density at radius 2 is 0.821 bits per heavy atom. The van der Waals surface area contributed by atoms with E-state index in [2.05, 4.69) is 57.1 Å². The summed E-state index contributed by atoms with van der Waals surface area (Å²) in [6, 6.07) is 0. The van der Waals surface area contributed by atoms with Crippen molar-refractivity contribution in [2.45, 2.75) is 53.4 Å². The largest absolute Gasteiger partial charge is 0.278 e. The first-order valence-corrected chi connectivity index (χ1v) is 12.0. The quantitative estimate of drug-likeness (QED) is 0.625. The average Bonchev–Trinajstić information content (AvgIpc) is 2.73. The topological polar surface area (TPSA) is 19.4 Å². The molecule has 2 atom stereocenters. The lowest BCUT2D eigenvalue weighted by Crippen LogP contribution is -2.56.